The maximum atomic E-state index is 6.45. The van der Waals surface area contributed by atoms with E-state index in [4.69, 9.17) is 14.4 Å². The SMILES string of the molecule is C1=C\c2c(oc3ccccc23)CC(c2ccccc2)=NC(c2cccc(-c3ccc4c(c3)-c3ccccc3C4(c3ccccc3)c3ccccc3)c2)=NC/1. The minimum Gasteiger partial charge on any atom is -0.460 e. The Morgan fingerprint density at radius 3 is 1.93 bits per heavy atom. The Morgan fingerprint density at radius 1 is 0.500 bits per heavy atom. The van der Waals surface area contributed by atoms with Gasteiger partial charge in [-0.25, -0.2) is 4.99 Å². The van der Waals surface area contributed by atoms with E-state index in [0.29, 0.717) is 18.8 Å². The highest BCUT2D eigenvalue weighted by Crippen LogP contribution is 2.56. The van der Waals surface area contributed by atoms with E-state index >= 15 is 0 Å². The van der Waals surface area contributed by atoms with Gasteiger partial charge in [0.15, 0.2) is 5.84 Å². The number of amidine groups is 1. The number of benzene rings is 7. The Hall–Kier alpha value is -6.84. The van der Waals surface area contributed by atoms with Crippen molar-refractivity contribution in [2.45, 2.75) is 11.8 Å². The van der Waals surface area contributed by atoms with Gasteiger partial charge in [-0.3, -0.25) is 4.99 Å². The molecule has 54 heavy (non-hydrogen) atoms. The van der Waals surface area contributed by atoms with Crippen molar-refractivity contribution in [3.05, 3.63) is 233 Å². The molecule has 0 saturated carbocycles. The molecule has 7 aromatic carbocycles. The summed E-state index contributed by atoms with van der Waals surface area (Å²) in [5.74, 6) is 1.61. The van der Waals surface area contributed by atoms with Crippen molar-refractivity contribution in [1.29, 1.82) is 0 Å². The molecule has 1 aliphatic heterocycles. The third kappa shape index (κ3) is 5.28. The van der Waals surface area contributed by atoms with Gasteiger partial charge in [0.25, 0.3) is 0 Å². The molecule has 3 heteroatoms. The fourth-order valence-corrected chi connectivity index (χ4v) is 8.51. The van der Waals surface area contributed by atoms with Gasteiger partial charge in [0.1, 0.15) is 11.3 Å². The summed E-state index contributed by atoms with van der Waals surface area (Å²) in [7, 11) is 0. The summed E-state index contributed by atoms with van der Waals surface area (Å²) in [6.45, 7) is 0.501. The molecule has 10 rings (SSSR count). The fourth-order valence-electron chi connectivity index (χ4n) is 8.51. The van der Waals surface area contributed by atoms with E-state index < -0.39 is 5.41 Å². The topological polar surface area (TPSA) is 37.9 Å². The van der Waals surface area contributed by atoms with Crippen molar-refractivity contribution in [3.8, 4) is 22.3 Å². The molecule has 2 aliphatic rings. The molecule has 0 saturated heterocycles. The van der Waals surface area contributed by atoms with Crippen molar-refractivity contribution in [2.75, 3.05) is 6.54 Å². The molecular formula is C51H36N2O. The van der Waals surface area contributed by atoms with Crippen LogP contribution in [0.15, 0.2) is 202 Å². The number of rotatable bonds is 5. The van der Waals surface area contributed by atoms with E-state index in [9.17, 15) is 0 Å². The Kier molecular flexibility index (Phi) is 7.84. The van der Waals surface area contributed by atoms with Crippen molar-refractivity contribution in [2.24, 2.45) is 9.98 Å². The molecule has 0 amide bonds. The summed E-state index contributed by atoms with van der Waals surface area (Å²) in [6.07, 6.45) is 4.81. The molecule has 1 aromatic heterocycles. The van der Waals surface area contributed by atoms with Gasteiger partial charge in [-0.2, -0.15) is 0 Å². The van der Waals surface area contributed by atoms with E-state index in [1.165, 1.54) is 33.4 Å². The Bertz CT molecular complexity index is 2720. The molecule has 0 bridgehead atoms. The summed E-state index contributed by atoms with van der Waals surface area (Å²) in [4.78, 5) is 10.4. The number of fused-ring (bicyclic) bond motifs is 6. The molecule has 3 nitrogen and oxygen atoms in total. The van der Waals surface area contributed by atoms with E-state index in [1.807, 2.05) is 18.2 Å². The zero-order valence-corrected chi connectivity index (χ0v) is 29.7. The average molecular weight is 693 g/mol. The predicted molar refractivity (Wildman–Crippen MR) is 223 cm³/mol. The van der Waals surface area contributed by atoms with Crippen LogP contribution in [0.3, 0.4) is 0 Å². The smallest absolute Gasteiger partial charge is 0.155 e. The van der Waals surface area contributed by atoms with Crippen LogP contribution in [-0.4, -0.2) is 18.1 Å². The molecule has 0 unspecified atom stereocenters. The highest BCUT2D eigenvalue weighted by atomic mass is 16.3. The standard InChI is InChI=1S/C51H36N2O/c1-4-16-35(17-5-1)47-34-49-43(42-25-11-13-28-48(42)54-49)26-15-31-52-50(53-47)38-19-14-18-36(32-38)37-29-30-46-44(33-37)41-24-10-12-27-45(41)51(46,39-20-6-2-7-21-39)40-22-8-3-9-23-40/h1-30,32-33H,31,34H2/b26-15-,52-50?,53-47?. The third-order valence-corrected chi connectivity index (χ3v) is 10.9. The number of aliphatic imine (C=N–C) groups is 2. The molecular weight excluding hydrogens is 657 g/mol. The number of hydrogen-bond acceptors (Lipinski definition) is 3. The van der Waals surface area contributed by atoms with Crippen molar-refractivity contribution in [1.82, 2.24) is 0 Å². The van der Waals surface area contributed by atoms with Crippen molar-refractivity contribution in [3.63, 3.8) is 0 Å². The molecule has 1 aliphatic carbocycles. The first-order chi connectivity index (χ1) is 26.8. The lowest BCUT2D eigenvalue weighted by Crippen LogP contribution is -2.28. The summed E-state index contributed by atoms with van der Waals surface area (Å²) < 4.78 is 6.45. The highest BCUT2D eigenvalue weighted by Gasteiger charge is 2.45. The lowest BCUT2D eigenvalue weighted by molar-refractivity contribution is 0.568. The fraction of sp³-hybridized carbons (Fsp3) is 0.0588. The van der Waals surface area contributed by atoms with E-state index in [1.54, 1.807) is 0 Å². The Labute approximate surface area is 315 Å². The molecule has 8 aromatic rings. The Balaban J connectivity index is 1.09. The number of para-hydroxylation sites is 1. The molecule has 0 fully saturated rings. The molecule has 2 heterocycles. The molecule has 0 radical (unpaired) electrons. The first-order valence-electron chi connectivity index (χ1n) is 18.6. The molecule has 256 valence electrons. The van der Waals surface area contributed by atoms with Gasteiger partial charge < -0.3 is 4.42 Å². The lowest BCUT2D eigenvalue weighted by atomic mass is 9.67. The van der Waals surface area contributed by atoms with Gasteiger partial charge in [0, 0.05) is 22.9 Å². The lowest BCUT2D eigenvalue weighted by Gasteiger charge is -2.33. The monoisotopic (exact) mass is 692 g/mol. The molecule has 0 N–H and O–H groups in total. The van der Waals surface area contributed by atoms with Gasteiger partial charge in [-0.15, -0.1) is 0 Å². The van der Waals surface area contributed by atoms with Crippen LogP contribution >= 0.6 is 0 Å². The van der Waals surface area contributed by atoms with Gasteiger partial charge in [-0.1, -0.05) is 176 Å². The van der Waals surface area contributed by atoms with Gasteiger partial charge >= 0.3 is 0 Å². The van der Waals surface area contributed by atoms with Crippen LogP contribution in [0.5, 0.6) is 0 Å². The highest BCUT2D eigenvalue weighted by molar-refractivity contribution is 6.13. The first kappa shape index (κ1) is 31.9. The zero-order valence-electron chi connectivity index (χ0n) is 29.7. The minimum absolute atomic E-state index is 0.421. The quantitative estimate of drug-likeness (QED) is 0.177. The second-order valence-corrected chi connectivity index (χ2v) is 14.0. The summed E-state index contributed by atoms with van der Waals surface area (Å²) in [6, 6.07) is 65.1. The van der Waals surface area contributed by atoms with Gasteiger partial charge in [-0.05, 0) is 68.3 Å². The first-order valence-corrected chi connectivity index (χ1v) is 18.6. The second-order valence-electron chi connectivity index (χ2n) is 14.0. The summed E-state index contributed by atoms with van der Waals surface area (Å²) in [5, 5.41) is 1.11. The molecule has 0 spiro atoms. The maximum absolute atomic E-state index is 6.45. The second kappa shape index (κ2) is 13.3. The maximum Gasteiger partial charge on any atom is 0.155 e. The summed E-state index contributed by atoms with van der Waals surface area (Å²) in [5.41, 5.74) is 14.4. The largest absolute Gasteiger partial charge is 0.460 e. The Morgan fingerprint density at radius 2 is 1.13 bits per heavy atom. The third-order valence-electron chi connectivity index (χ3n) is 10.9. The number of nitrogens with zero attached hydrogens (tertiary/aromatic N) is 2. The minimum atomic E-state index is -0.421. The zero-order chi connectivity index (χ0) is 35.9. The predicted octanol–water partition coefficient (Wildman–Crippen LogP) is 12.0. The van der Waals surface area contributed by atoms with Crippen LogP contribution < -0.4 is 0 Å². The summed E-state index contributed by atoms with van der Waals surface area (Å²) >= 11 is 0. The van der Waals surface area contributed by atoms with Crippen molar-refractivity contribution < 1.29 is 4.42 Å². The van der Waals surface area contributed by atoms with Crippen LogP contribution in [0, 0.1) is 0 Å². The van der Waals surface area contributed by atoms with Crippen LogP contribution in [0.4, 0.5) is 0 Å². The normalized spacial score (nSPS) is 15.0. The van der Waals surface area contributed by atoms with Crippen LogP contribution in [0.2, 0.25) is 0 Å². The van der Waals surface area contributed by atoms with Crippen LogP contribution in [0.1, 0.15) is 44.7 Å². The average Bonchev–Trinajstić information content (AvgIpc) is 3.75. The van der Waals surface area contributed by atoms with E-state index in [-0.39, 0.29) is 0 Å². The number of hydrogen-bond donors (Lipinski definition) is 0. The number of furan rings is 1. The van der Waals surface area contributed by atoms with Crippen molar-refractivity contribution >= 4 is 28.6 Å². The van der Waals surface area contributed by atoms with Gasteiger partial charge in [0.2, 0.25) is 0 Å². The van der Waals surface area contributed by atoms with E-state index in [0.717, 1.165) is 50.3 Å². The van der Waals surface area contributed by atoms with E-state index in [2.05, 4.69) is 176 Å². The van der Waals surface area contributed by atoms with Crippen LogP contribution in [0.25, 0.3) is 39.3 Å². The molecule has 0 atom stereocenters. The van der Waals surface area contributed by atoms with Gasteiger partial charge in [0.05, 0.1) is 17.7 Å². The van der Waals surface area contributed by atoms with Crippen LogP contribution in [-0.2, 0) is 11.8 Å².